The number of benzene rings is 6. The Morgan fingerprint density at radius 2 is 0.698 bits per heavy atom. The van der Waals surface area contributed by atoms with E-state index in [-0.39, 0.29) is 22.3 Å². The van der Waals surface area contributed by atoms with E-state index < -0.39 is 23.6 Å². The molecule has 204 valence electrons. The van der Waals surface area contributed by atoms with E-state index in [4.69, 9.17) is 4.94 Å². The van der Waals surface area contributed by atoms with Gasteiger partial charge in [-0.2, -0.15) is 0 Å². The van der Waals surface area contributed by atoms with Gasteiger partial charge >= 0.3 is 0 Å². The summed E-state index contributed by atoms with van der Waals surface area (Å²) in [5.41, 5.74) is 4.56. The average molecular weight is 561 g/mol. The normalized spacial score (nSPS) is 14.2. The molecule has 0 aliphatic carbocycles. The molecule has 0 saturated heterocycles. The van der Waals surface area contributed by atoms with Crippen molar-refractivity contribution in [1.82, 2.24) is 10.1 Å². The second kappa shape index (κ2) is 9.30. The maximum absolute atomic E-state index is 13.7. The molecule has 7 nitrogen and oxygen atoms in total. The van der Waals surface area contributed by atoms with Gasteiger partial charge in [0.1, 0.15) is 0 Å². The molecule has 0 aromatic heterocycles. The monoisotopic (exact) mass is 560 g/mol. The van der Waals surface area contributed by atoms with E-state index in [2.05, 4.69) is 0 Å². The van der Waals surface area contributed by atoms with E-state index in [0.717, 1.165) is 33.0 Å². The van der Waals surface area contributed by atoms with Crippen LogP contribution in [0, 0.1) is 0 Å². The predicted molar refractivity (Wildman–Crippen MR) is 161 cm³/mol. The number of imide groups is 2. The zero-order chi connectivity index (χ0) is 29.2. The van der Waals surface area contributed by atoms with Crippen molar-refractivity contribution in [3.63, 3.8) is 0 Å². The molecule has 4 amide bonds. The van der Waals surface area contributed by atoms with Crippen molar-refractivity contribution in [2.24, 2.45) is 0 Å². The van der Waals surface area contributed by atoms with Crippen LogP contribution in [0.1, 0.15) is 41.4 Å². The van der Waals surface area contributed by atoms with Gasteiger partial charge in [-0.05, 0) is 57.3 Å². The van der Waals surface area contributed by atoms with E-state index in [0.29, 0.717) is 20.9 Å². The van der Waals surface area contributed by atoms with Crippen LogP contribution in [0.5, 0.6) is 0 Å². The summed E-state index contributed by atoms with van der Waals surface area (Å²) in [5.74, 6) is -3.07. The van der Waals surface area contributed by atoms with Crippen LogP contribution in [0.2, 0.25) is 0 Å². The minimum absolute atomic E-state index is 0.233. The Labute approximate surface area is 245 Å². The third-order valence-corrected chi connectivity index (χ3v) is 8.07. The fourth-order valence-electron chi connectivity index (χ4n) is 6.12. The fourth-order valence-corrected chi connectivity index (χ4v) is 6.12. The second-order valence-corrected chi connectivity index (χ2v) is 10.4. The van der Waals surface area contributed by atoms with Crippen LogP contribution in [0.15, 0.2) is 121 Å². The van der Waals surface area contributed by atoms with Crippen LogP contribution < -0.4 is 0 Å². The van der Waals surface area contributed by atoms with Crippen LogP contribution in [0.4, 0.5) is 0 Å². The fraction of sp³-hybridized carbons (Fsp3) is 0. The van der Waals surface area contributed by atoms with E-state index in [1.54, 1.807) is 36.4 Å². The van der Waals surface area contributed by atoms with Gasteiger partial charge in [-0.3, -0.25) is 19.2 Å². The van der Waals surface area contributed by atoms with Gasteiger partial charge in [-0.25, -0.2) is 0 Å². The topological polar surface area (TPSA) is 84.0 Å². The number of hydroxylamine groups is 4. The van der Waals surface area contributed by atoms with Gasteiger partial charge < -0.3 is 0 Å². The quantitative estimate of drug-likeness (QED) is 0.216. The first-order valence-electron chi connectivity index (χ1n) is 13.7. The van der Waals surface area contributed by atoms with Crippen molar-refractivity contribution in [3.05, 3.63) is 144 Å². The van der Waals surface area contributed by atoms with Crippen LogP contribution in [-0.2, 0) is 4.94 Å². The number of amides is 4. The minimum atomic E-state index is -0.766. The molecule has 6 aromatic carbocycles. The lowest BCUT2D eigenvalue weighted by molar-refractivity contribution is -0.220. The molecule has 43 heavy (non-hydrogen) atoms. The summed E-state index contributed by atoms with van der Waals surface area (Å²) in [7, 11) is 0. The van der Waals surface area contributed by atoms with Crippen molar-refractivity contribution in [3.8, 4) is 22.3 Å². The predicted octanol–water partition coefficient (Wildman–Crippen LogP) is 7.07. The molecule has 2 heterocycles. The molecule has 0 spiro atoms. The molecule has 0 radical (unpaired) electrons. The lowest BCUT2D eigenvalue weighted by Crippen LogP contribution is -2.50. The summed E-state index contributed by atoms with van der Waals surface area (Å²) in [6, 6.07) is 36.7. The minimum Gasteiger partial charge on any atom is -0.266 e. The SMILES string of the molecule is O=C1c2cccc3c(-c4ccccc4)ccc(c23)C(=O)N1ON1C(=O)c2cccc3c(-c4ccccc4)ccc(c23)C1=O. The summed E-state index contributed by atoms with van der Waals surface area (Å²) in [5, 5.41) is 3.47. The van der Waals surface area contributed by atoms with E-state index in [1.165, 1.54) is 0 Å². The average Bonchev–Trinajstić information content (AvgIpc) is 3.06. The number of hydrogen-bond acceptors (Lipinski definition) is 5. The Hall–Kier alpha value is -5.92. The van der Waals surface area contributed by atoms with Crippen LogP contribution in [0.25, 0.3) is 43.8 Å². The van der Waals surface area contributed by atoms with Crippen molar-refractivity contribution in [2.75, 3.05) is 0 Å². The van der Waals surface area contributed by atoms with E-state index in [9.17, 15) is 19.2 Å². The largest absolute Gasteiger partial charge is 0.287 e. The second-order valence-electron chi connectivity index (χ2n) is 10.4. The summed E-state index contributed by atoms with van der Waals surface area (Å²) in [6.45, 7) is 0. The molecule has 0 saturated carbocycles. The highest BCUT2D eigenvalue weighted by atomic mass is 16.9. The molecule has 2 aliphatic rings. The van der Waals surface area contributed by atoms with Gasteiger partial charge in [0.2, 0.25) is 0 Å². The highest BCUT2D eigenvalue weighted by Gasteiger charge is 2.42. The summed E-state index contributed by atoms with van der Waals surface area (Å²) in [4.78, 5) is 60.5. The van der Waals surface area contributed by atoms with Crippen LogP contribution >= 0.6 is 0 Å². The molecule has 8 rings (SSSR count). The van der Waals surface area contributed by atoms with E-state index >= 15 is 0 Å². The molecular weight excluding hydrogens is 540 g/mol. The lowest BCUT2D eigenvalue weighted by Gasteiger charge is -2.32. The van der Waals surface area contributed by atoms with Gasteiger partial charge in [-0.1, -0.05) is 97.1 Å². The molecule has 0 unspecified atom stereocenters. The molecule has 7 heteroatoms. The molecular formula is C36H20N2O5. The van der Waals surface area contributed by atoms with Crippen LogP contribution in [0.3, 0.4) is 0 Å². The maximum Gasteiger partial charge on any atom is 0.287 e. The highest BCUT2D eigenvalue weighted by molar-refractivity contribution is 6.28. The number of hydrogen-bond donors (Lipinski definition) is 0. The summed E-state index contributed by atoms with van der Waals surface area (Å²) in [6.07, 6.45) is 0. The molecule has 0 fully saturated rings. The standard InChI is InChI=1S/C36H20N2O5/c39-33-27-15-7-13-25-23(21-9-3-1-4-10-21)17-19-29(31(25)27)35(41)37(33)43-38-34(40)28-16-8-14-26-24(22-11-5-2-6-12-22)18-20-30(32(26)28)36(38)42/h1-20H. The molecule has 0 atom stereocenters. The third kappa shape index (κ3) is 3.59. The van der Waals surface area contributed by atoms with Gasteiger partial charge in [0.25, 0.3) is 23.6 Å². The Bertz CT molecular complexity index is 1990. The Morgan fingerprint density at radius 1 is 0.349 bits per heavy atom. The van der Waals surface area contributed by atoms with Gasteiger partial charge in [-0.15, -0.1) is 15.1 Å². The number of carbonyl (C=O) groups is 4. The smallest absolute Gasteiger partial charge is 0.266 e. The Morgan fingerprint density at radius 3 is 1.09 bits per heavy atom. The number of rotatable bonds is 4. The zero-order valence-electron chi connectivity index (χ0n) is 22.5. The third-order valence-electron chi connectivity index (χ3n) is 8.07. The summed E-state index contributed by atoms with van der Waals surface area (Å²) >= 11 is 0. The van der Waals surface area contributed by atoms with Crippen molar-refractivity contribution in [2.45, 2.75) is 0 Å². The van der Waals surface area contributed by atoms with Crippen molar-refractivity contribution in [1.29, 1.82) is 0 Å². The van der Waals surface area contributed by atoms with Crippen molar-refractivity contribution >= 4 is 45.2 Å². The van der Waals surface area contributed by atoms with Gasteiger partial charge in [0.05, 0.1) is 22.3 Å². The highest BCUT2D eigenvalue weighted by Crippen LogP contribution is 2.39. The molecule has 0 N–H and O–H groups in total. The first-order chi connectivity index (χ1) is 21.0. The molecule has 6 aromatic rings. The zero-order valence-corrected chi connectivity index (χ0v) is 22.5. The lowest BCUT2D eigenvalue weighted by atomic mass is 9.89. The Kier molecular flexibility index (Phi) is 5.38. The van der Waals surface area contributed by atoms with E-state index in [1.807, 2.05) is 84.9 Å². The molecule has 2 aliphatic heterocycles. The number of nitrogens with zero attached hydrogens (tertiary/aromatic N) is 2. The van der Waals surface area contributed by atoms with Crippen LogP contribution in [-0.4, -0.2) is 33.8 Å². The maximum atomic E-state index is 13.7. The van der Waals surface area contributed by atoms with Gasteiger partial charge in [0.15, 0.2) is 0 Å². The first kappa shape index (κ1) is 24.8. The Balaban J connectivity index is 1.19. The molecule has 0 bridgehead atoms. The van der Waals surface area contributed by atoms with Crippen molar-refractivity contribution < 1.29 is 24.1 Å². The van der Waals surface area contributed by atoms with Gasteiger partial charge in [0, 0.05) is 10.8 Å². The number of carbonyl (C=O) groups excluding carboxylic acids is 4. The first-order valence-corrected chi connectivity index (χ1v) is 13.7. The summed E-state index contributed by atoms with van der Waals surface area (Å²) < 4.78 is 0.